The van der Waals surface area contributed by atoms with Gasteiger partial charge in [0.1, 0.15) is 11.6 Å². The molecule has 1 aliphatic rings. The van der Waals surface area contributed by atoms with Crippen molar-refractivity contribution in [3.05, 3.63) is 53.5 Å². The molecule has 1 aliphatic heterocycles. The van der Waals surface area contributed by atoms with Gasteiger partial charge in [-0.3, -0.25) is 4.90 Å². The zero-order chi connectivity index (χ0) is 20.1. The molecule has 28 heavy (non-hydrogen) atoms. The minimum atomic E-state index is -0.0908. The van der Waals surface area contributed by atoms with Gasteiger partial charge in [0.25, 0.3) is 0 Å². The average molecular weight is 383 g/mol. The molecule has 3 rings (SSSR count). The van der Waals surface area contributed by atoms with Crippen molar-refractivity contribution in [1.82, 2.24) is 14.9 Å². The van der Waals surface area contributed by atoms with Gasteiger partial charge in [0.15, 0.2) is 0 Å². The van der Waals surface area contributed by atoms with Gasteiger partial charge in [0.05, 0.1) is 12.3 Å². The fraction of sp³-hybridized carbons (Fsp3) is 0.565. The number of hydrogen-bond acceptors (Lipinski definition) is 5. The van der Waals surface area contributed by atoms with Crippen LogP contribution in [0.2, 0.25) is 0 Å². The molecule has 1 fully saturated rings. The quantitative estimate of drug-likeness (QED) is 0.803. The predicted molar refractivity (Wildman–Crippen MR) is 114 cm³/mol. The molecule has 0 bridgehead atoms. The Balaban J connectivity index is 1.65. The van der Waals surface area contributed by atoms with Gasteiger partial charge >= 0.3 is 0 Å². The summed E-state index contributed by atoms with van der Waals surface area (Å²) in [6.07, 6.45) is 2.23. The van der Waals surface area contributed by atoms with Crippen LogP contribution in [0.4, 0.5) is 5.82 Å². The number of benzene rings is 1. The largest absolute Gasteiger partial charge is 0.378 e. The third-order valence-electron chi connectivity index (χ3n) is 5.34. The number of nitrogens with one attached hydrogen (secondary N) is 1. The average Bonchev–Trinajstić information content (AvgIpc) is 2.64. The summed E-state index contributed by atoms with van der Waals surface area (Å²) in [6, 6.07) is 13.7. The molecule has 1 N–H and O–H groups in total. The zero-order valence-corrected chi connectivity index (χ0v) is 17.9. The molecular formula is C23H34N4O. The Bertz CT molecular complexity index is 757. The third kappa shape index (κ3) is 5.52. The van der Waals surface area contributed by atoms with E-state index in [0.29, 0.717) is 18.7 Å². The van der Waals surface area contributed by atoms with Gasteiger partial charge in [-0.25, -0.2) is 9.97 Å². The third-order valence-corrected chi connectivity index (χ3v) is 5.34. The van der Waals surface area contributed by atoms with Crippen LogP contribution in [0.1, 0.15) is 57.6 Å². The second-order valence-electron chi connectivity index (χ2n) is 8.92. The molecule has 1 saturated heterocycles. The van der Waals surface area contributed by atoms with Gasteiger partial charge in [-0.1, -0.05) is 51.1 Å². The summed E-state index contributed by atoms with van der Waals surface area (Å²) >= 11 is 0. The first kappa shape index (κ1) is 20.7. The molecule has 0 spiro atoms. The SMILES string of the molecule is COCc1cc(NC2CCN(Cc3ccccc3)C(C)C2)nc(C(C)(C)C)n1. The van der Waals surface area contributed by atoms with Crippen LogP contribution in [0.5, 0.6) is 0 Å². The first-order chi connectivity index (χ1) is 13.3. The highest BCUT2D eigenvalue weighted by Crippen LogP contribution is 2.25. The van der Waals surface area contributed by atoms with Crippen molar-refractivity contribution < 1.29 is 4.74 Å². The first-order valence-corrected chi connectivity index (χ1v) is 10.3. The van der Waals surface area contributed by atoms with Crippen LogP contribution in [-0.4, -0.2) is 40.6 Å². The van der Waals surface area contributed by atoms with Crippen LogP contribution in [0, 0.1) is 0 Å². The summed E-state index contributed by atoms with van der Waals surface area (Å²) in [6.45, 7) is 11.4. The smallest absolute Gasteiger partial charge is 0.136 e. The van der Waals surface area contributed by atoms with Crippen molar-refractivity contribution >= 4 is 5.82 Å². The number of methoxy groups -OCH3 is 1. The first-order valence-electron chi connectivity index (χ1n) is 10.3. The Hall–Kier alpha value is -1.98. The fourth-order valence-electron chi connectivity index (χ4n) is 3.74. The summed E-state index contributed by atoms with van der Waals surface area (Å²) in [5, 5.41) is 3.67. The topological polar surface area (TPSA) is 50.3 Å². The molecule has 1 aromatic carbocycles. The van der Waals surface area contributed by atoms with Crippen LogP contribution >= 0.6 is 0 Å². The van der Waals surface area contributed by atoms with Crippen LogP contribution in [0.15, 0.2) is 36.4 Å². The number of hydrogen-bond donors (Lipinski definition) is 1. The molecule has 2 heterocycles. The molecule has 0 aliphatic carbocycles. The second kappa shape index (κ2) is 9.01. The minimum absolute atomic E-state index is 0.0908. The van der Waals surface area contributed by atoms with Gasteiger partial charge < -0.3 is 10.1 Å². The summed E-state index contributed by atoms with van der Waals surface area (Å²) in [5.74, 6) is 1.78. The Morgan fingerprint density at radius 1 is 1.18 bits per heavy atom. The van der Waals surface area contributed by atoms with E-state index in [1.807, 2.05) is 6.07 Å². The molecule has 0 saturated carbocycles. The van der Waals surface area contributed by atoms with Gasteiger partial charge in [0, 0.05) is 43.8 Å². The van der Waals surface area contributed by atoms with E-state index in [4.69, 9.17) is 9.72 Å². The van der Waals surface area contributed by atoms with Crippen molar-refractivity contribution in [2.45, 2.75) is 71.2 Å². The van der Waals surface area contributed by atoms with Crippen LogP contribution < -0.4 is 5.32 Å². The van der Waals surface area contributed by atoms with Crippen molar-refractivity contribution in [3.8, 4) is 0 Å². The van der Waals surface area contributed by atoms with Gasteiger partial charge in [0.2, 0.25) is 0 Å². The van der Waals surface area contributed by atoms with Crippen LogP contribution in [-0.2, 0) is 23.3 Å². The minimum Gasteiger partial charge on any atom is -0.378 e. The Morgan fingerprint density at radius 3 is 2.57 bits per heavy atom. The summed E-state index contributed by atoms with van der Waals surface area (Å²) in [5.41, 5.74) is 2.22. The predicted octanol–water partition coefficient (Wildman–Crippen LogP) is 4.39. The maximum absolute atomic E-state index is 5.30. The lowest BCUT2D eigenvalue weighted by Gasteiger charge is -2.38. The van der Waals surface area contributed by atoms with Crippen molar-refractivity contribution in [1.29, 1.82) is 0 Å². The highest BCUT2D eigenvalue weighted by molar-refractivity contribution is 5.38. The zero-order valence-electron chi connectivity index (χ0n) is 17.9. The molecule has 1 aromatic heterocycles. The molecular weight excluding hydrogens is 348 g/mol. The number of piperidine rings is 1. The van der Waals surface area contributed by atoms with Crippen molar-refractivity contribution in [2.24, 2.45) is 0 Å². The van der Waals surface area contributed by atoms with E-state index in [0.717, 1.165) is 43.3 Å². The van der Waals surface area contributed by atoms with E-state index in [9.17, 15) is 0 Å². The lowest BCUT2D eigenvalue weighted by molar-refractivity contribution is 0.144. The number of likely N-dealkylation sites (tertiary alicyclic amines) is 1. The standard InChI is InChI=1S/C23H34N4O/c1-17-13-19(11-12-27(17)15-18-9-7-6-8-10-18)24-21-14-20(16-28-5)25-22(26-21)23(2,3)4/h6-10,14,17,19H,11-13,15-16H2,1-5H3,(H,24,25,26). The van der Waals surface area contributed by atoms with Gasteiger partial charge in [-0.2, -0.15) is 0 Å². The molecule has 2 aromatic rings. The van der Waals surface area contributed by atoms with E-state index in [2.05, 4.69) is 73.2 Å². The molecule has 152 valence electrons. The number of nitrogens with zero attached hydrogens (tertiary/aromatic N) is 3. The number of ether oxygens (including phenoxy) is 1. The van der Waals surface area contributed by atoms with Crippen LogP contribution in [0.3, 0.4) is 0 Å². The molecule has 0 amide bonds. The highest BCUT2D eigenvalue weighted by Gasteiger charge is 2.26. The Morgan fingerprint density at radius 2 is 1.93 bits per heavy atom. The molecule has 2 atom stereocenters. The second-order valence-corrected chi connectivity index (χ2v) is 8.92. The highest BCUT2D eigenvalue weighted by atomic mass is 16.5. The van der Waals surface area contributed by atoms with E-state index in [1.54, 1.807) is 7.11 Å². The molecule has 5 nitrogen and oxygen atoms in total. The molecule has 0 radical (unpaired) electrons. The number of aromatic nitrogens is 2. The van der Waals surface area contributed by atoms with E-state index in [1.165, 1.54) is 5.56 Å². The number of anilines is 1. The monoisotopic (exact) mass is 382 g/mol. The Labute approximate surface area is 169 Å². The summed E-state index contributed by atoms with van der Waals surface area (Å²) in [7, 11) is 1.70. The molecule has 2 unspecified atom stereocenters. The van der Waals surface area contributed by atoms with Crippen molar-refractivity contribution in [3.63, 3.8) is 0 Å². The number of rotatable bonds is 6. The van der Waals surface area contributed by atoms with E-state index >= 15 is 0 Å². The van der Waals surface area contributed by atoms with E-state index < -0.39 is 0 Å². The normalized spacial score (nSPS) is 20.9. The lowest BCUT2D eigenvalue weighted by atomic mass is 9.95. The maximum atomic E-state index is 5.30. The van der Waals surface area contributed by atoms with E-state index in [-0.39, 0.29) is 5.41 Å². The van der Waals surface area contributed by atoms with Gasteiger partial charge in [-0.15, -0.1) is 0 Å². The van der Waals surface area contributed by atoms with Crippen LogP contribution in [0.25, 0.3) is 0 Å². The van der Waals surface area contributed by atoms with Crippen molar-refractivity contribution in [2.75, 3.05) is 19.0 Å². The summed E-state index contributed by atoms with van der Waals surface area (Å²) < 4.78 is 5.30. The molecule has 5 heteroatoms. The maximum Gasteiger partial charge on any atom is 0.136 e. The lowest BCUT2D eigenvalue weighted by Crippen LogP contribution is -2.44. The summed E-state index contributed by atoms with van der Waals surface area (Å²) in [4.78, 5) is 12.1. The Kier molecular flexibility index (Phi) is 6.68. The van der Waals surface area contributed by atoms with Gasteiger partial charge in [-0.05, 0) is 25.3 Å². The fourth-order valence-corrected chi connectivity index (χ4v) is 3.74.